The molecule has 1 heterocycles. The Hall–Kier alpha value is -1.20. The van der Waals surface area contributed by atoms with E-state index in [4.69, 9.17) is 0 Å². The molecule has 0 saturated heterocycles. The topological polar surface area (TPSA) is 42.7 Å². The summed E-state index contributed by atoms with van der Waals surface area (Å²) >= 11 is 3.51. The molecule has 0 fully saturated rings. The molecule has 0 aliphatic rings. The van der Waals surface area contributed by atoms with Crippen LogP contribution in [0, 0.1) is 0 Å². The minimum Gasteiger partial charge on any atom is -0.312 e. The molecule has 84 valence electrons. The quantitative estimate of drug-likeness (QED) is 0.938. The number of hydrogen-bond donors (Lipinski definition) is 1. The molecule has 0 saturated carbocycles. The third kappa shape index (κ3) is 2.01. The van der Waals surface area contributed by atoms with Crippen LogP contribution >= 0.6 is 15.9 Å². The van der Waals surface area contributed by atoms with Crippen LogP contribution < -0.4 is 5.32 Å². The molecule has 0 radical (unpaired) electrons. The van der Waals surface area contributed by atoms with Crippen LogP contribution in [0.2, 0.25) is 0 Å². The Balaban J connectivity index is 2.49. The fourth-order valence-corrected chi connectivity index (χ4v) is 1.95. The Kier molecular flexibility index (Phi) is 3.36. The number of rotatable bonds is 3. The highest BCUT2D eigenvalue weighted by molar-refractivity contribution is 9.10. The minimum atomic E-state index is 0.210. The lowest BCUT2D eigenvalue weighted by Gasteiger charge is -2.12. The van der Waals surface area contributed by atoms with Crippen LogP contribution in [0.15, 0.2) is 34.9 Å². The van der Waals surface area contributed by atoms with E-state index < -0.39 is 0 Å². The zero-order valence-electron chi connectivity index (χ0n) is 9.18. The summed E-state index contributed by atoms with van der Waals surface area (Å²) in [6.45, 7) is 2.08. The Bertz CT molecular complexity index is 480. The van der Waals surface area contributed by atoms with Crippen molar-refractivity contribution in [3.8, 4) is 5.69 Å². The summed E-state index contributed by atoms with van der Waals surface area (Å²) in [4.78, 5) is 0. The Morgan fingerprint density at radius 1 is 1.38 bits per heavy atom. The average Bonchev–Trinajstić information content (AvgIpc) is 2.77. The Labute approximate surface area is 103 Å². The van der Waals surface area contributed by atoms with Crippen LogP contribution in [0.3, 0.4) is 0 Å². The maximum absolute atomic E-state index is 4.11. The zero-order chi connectivity index (χ0) is 11.5. The zero-order valence-corrected chi connectivity index (χ0v) is 10.8. The first-order valence-corrected chi connectivity index (χ1v) is 5.86. The third-order valence-corrected chi connectivity index (χ3v) is 3.20. The molecule has 0 aliphatic heterocycles. The van der Waals surface area contributed by atoms with E-state index in [0.717, 1.165) is 15.9 Å². The summed E-state index contributed by atoms with van der Waals surface area (Å²) < 4.78 is 2.84. The molecule has 1 atom stereocenters. The van der Waals surface area contributed by atoms with Gasteiger partial charge in [0.05, 0.1) is 17.6 Å². The van der Waals surface area contributed by atoms with Gasteiger partial charge >= 0.3 is 0 Å². The molecule has 2 aromatic rings. The molecule has 1 aromatic heterocycles. The van der Waals surface area contributed by atoms with Crippen molar-refractivity contribution in [2.45, 2.75) is 13.0 Å². The predicted molar refractivity (Wildman–Crippen MR) is 66.5 cm³/mol. The highest BCUT2D eigenvalue weighted by Gasteiger charge is 2.13. The van der Waals surface area contributed by atoms with Gasteiger partial charge in [-0.25, -0.2) is 4.68 Å². The van der Waals surface area contributed by atoms with Crippen molar-refractivity contribution in [3.63, 3.8) is 0 Å². The number of nitrogens with one attached hydrogen (secondary N) is 1. The molecule has 0 spiro atoms. The smallest absolute Gasteiger partial charge is 0.0812 e. The van der Waals surface area contributed by atoms with E-state index >= 15 is 0 Å². The molecule has 0 aliphatic carbocycles. The van der Waals surface area contributed by atoms with Gasteiger partial charge in [0, 0.05) is 10.5 Å². The first-order chi connectivity index (χ1) is 7.74. The van der Waals surface area contributed by atoms with Crippen molar-refractivity contribution < 1.29 is 0 Å². The third-order valence-electron chi connectivity index (χ3n) is 2.53. The van der Waals surface area contributed by atoms with Crippen LogP contribution in [0.5, 0.6) is 0 Å². The summed E-state index contributed by atoms with van der Waals surface area (Å²) in [6, 6.07) is 8.17. The fraction of sp³-hybridized carbons (Fsp3) is 0.273. The maximum Gasteiger partial charge on any atom is 0.0812 e. The van der Waals surface area contributed by atoms with E-state index in [2.05, 4.69) is 38.5 Å². The summed E-state index contributed by atoms with van der Waals surface area (Å²) in [5, 5.41) is 11.3. The summed E-state index contributed by atoms with van der Waals surface area (Å²) in [6.07, 6.45) is 1.78. The number of nitrogens with zero attached hydrogens (tertiary/aromatic N) is 3. The molecule has 4 nitrogen and oxygen atoms in total. The Morgan fingerprint density at radius 3 is 2.81 bits per heavy atom. The van der Waals surface area contributed by atoms with Gasteiger partial charge in [0.2, 0.25) is 0 Å². The van der Waals surface area contributed by atoms with Crippen molar-refractivity contribution in [1.29, 1.82) is 0 Å². The van der Waals surface area contributed by atoms with Gasteiger partial charge < -0.3 is 5.32 Å². The standard InChI is InChI=1S/C11H13BrN4/c1-8(13-2)11-7-14-15-16(11)10-6-4-3-5-9(10)12/h3-8,13H,1-2H3. The molecular formula is C11H13BrN4. The number of benzene rings is 1. The van der Waals surface area contributed by atoms with E-state index in [9.17, 15) is 0 Å². The molecule has 1 aromatic carbocycles. The molecule has 1 unspecified atom stereocenters. The Morgan fingerprint density at radius 2 is 2.12 bits per heavy atom. The first kappa shape index (κ1) is 11.3. The fourth-order valence-electron chi connectivity index (χ4n) is 1.50. The monoisotopic (exact) mass is 280 g/mol. The SMILES string of the molecule is CNC(C)c1cnnn1-c1ccccc1Br. The lowest BCUT2D eigenvalue weighted by atomic mass is 10.2. The molecule has 5 heteroatoms. The summed E-state index contributed by atoms with van der Waals surface area (Å²) in [7, 11) is 1.92. The van der Waals surface area contributed by atoms with Crippen LogP contribution in [-0.4, -0.2) is 22.0 Å². The summed E-state index contributed by atoms with van der Waals surface area (Å²) in [5.74, 6) is 0. The van der Waals surface area contributed by atoms with Crippen LogP contribution in [0.4, 0.5) is 0 Å². The second-order valence-electron chi connectivity index (χ2n) is 3.53. The normalized spacial score (nSPS) is 12.7. The van der Waals surface area contributed by atoms with Crippen molar-refractivity contribution in [1.82, 2.24) is 20.3 Å². The van der Waals surface area contributed by atoms with Crippen molar-refractivity contribution in [2.24, 2.45) is 0 Å². The second kappa shape index (κ2) is 4.76. The first-order valence-electron chi connectivity index (χ1n) is 5.07. The lowest BCUT2D eigenvalue weighted by Crippen LogP contribution is -2.16. The van der Waals surface area contributed by atoms with Crippen LogP contribution in [0.25, 0.3) is 5.69 Å². The number of hydrogen-bond acceptors (Lipinski definition) is 3. The van der Waals surface area contributed by atoms with E-state index in [-0.39, 0.29) is 6.04 Å². The molecule has 16 heavy (non-hydrogen) atoms. The van der Waals surface area contributed by atoms with Gasteiger partial charge in [-0.1, -0.05) is 17.3 Å². The predicted octanol–water partition coefficient (Wildman–Crippen LogP) is 2.31. The van der Waals surface area contributed by atoms with Gasteiger partial charge in [-0.3, -0.25) is 0 Å². The molecule has 1 N–H and O–H groups in total. The largest absolute Gasteiger partial charge is 0.312 e. The average molecular weight is 281 g/mol. The molecule has 2 rings (SSSR count). The highest BCUT2D eigenvalue weighted by Crippen LogP contribution is 2.22. The molecule has 0 amide bonds. The number of para-hydroxylation sites is 1. The van der Waals surface area contributed by atoms with Crippen molar-refractivity contribution in [2.75, 3.05) is 7.05 Å². The maximum atomic E-state index is 4.11. The van der Waals surface area contributed by atoms with Gasteiger partial charge in [-0.05, 0) is 42.0 Å². The summed E-state index contributed by atoms with van der Waals surface area (Å²) in [5.41, 5.74) is 2.03. The van der Waals surface area contributed by atoms with E-state index in [0.29, 0.717) is 0 Å². The van der Waals surface area contributed by atoms with Gasteiger partial charge in [0.15, 0.2) is 0 Å². The van der Waals surface area contributed by atoms with E-state index in [1.807, 2.05) is 36.0 Å². The molecule has 0 bridgehead atoms. The van der Waals surface area contributed by atoms with Gasteiger partial charge in [-0.15, -0.1) is 5.10 Å². The van der Waals surface area contributed by atoms with Crippen molar-refractivity contribution >= 4 is 15.9 Å². The highest BCUT2D eigenvalue weighted by atomic mass is 79.9. The number of halogens is 1. The van der Waals surface area contributed by atoms with Crippen LogP contribution in [0.1, 0.15) is 18.7 Å². The number of aromatic nitrogens is 3. The minimum absolute atomic E-state index is 0.210. The van der Waals surface area contributed by atoms with E-state index in [1.54, 1.807) is 6.20 Å². The van der Waals surface area contributed by atoms with Crippen LogP contribution in [-0.2, 0) is 0 Å². The van der Waals surface area contributed by atoms with E-state index in [1.165, 1.54) is 0 Å². The lowest BCUT2D eigenvalue weighted by molar-refractivity contribution is 0.602. The van der Waals surface area contributed by atoms with Gasteiger partial charge in [0.1, 0.15) is 0 Å². The van der Waals surface area contributed by atoms with Gasteiger partial charge in [-0.2, -0.15) is 0 Å². The molecular weight excluding hydrogens is 268 g/mol. The second-order valence-corrected chi connectivity index (χ2v) is 4.39. The van der Waals surface area contributed by atoms with Crippen molar-refractivity contribution in [3.05, 3.63) is 40.6 Å². The van der Waals surface area contributed by atoms with Gasteiger partial charge in [0.25, 0.3) is 0 Å².